The second-order valence-electron chi connectivity index (χ2n) is 9.78. The normalized spacial score (nSPS) is 21.0. The fourth-order valence-corrected chi connectivity index (χ4v) is 4.60. The molecule has 8 heteroatoms. The summed E-state index contributed by atoms with van der Waals surface area (Å²) in [7, 11) is 0. The third kappa shape index (κ3) is 5.37. The number of pyridine rings is 1. The fourth-order valence-electron chi connectivity index (χ4n) is 4.60. The number of aliphatic hydroxyl groups is 1. The van der Waals surface area contributed by atoms with Crippen molar-refractivity contribution < 1.29 is 9.90 Å². The van der Waals surface area contributed by atoms with Crippen molar-refractivity contribution in [1.29, 1.82) is 5.26 Å². The van der Waals surface area contributed by atoms with Crippen molar-refractivity contribution in [3.63, 3.8) is 0 Å². The molecule has 0 aromatic carbocycles. The van der Waals surface area contributed by atoms with E-state index < -0.39 is 5.60 Å². The lowest BCUT2D eigenvalue weighted by Gasteiger charge is -2.29. The first-order valence-corrected chi connectivity index (χ1v) is 11.9. The van der Waals surface area contributed by atoms with Gasteiger partial charge in [0.2, 0.25) is 0 Å². The van der Waals surface area contributed by atoms with E-state index in [-0.39, 0.29) is 18.0 Å². The molecule has 0 unspecified atom stereocenters. The van der Waals surface area contributed by atoms with Crippen LogP contribution in [-0.4, -0.2) is 43.3 Å². The number of nitrogens with zero attached hydrogens (tertiary/aromatic N) is 4. The minimum absolute atomic E-state index is 0.0864. The van der Waals surface area contributed by atoms with Crippen molar-refractivity contribution in [2.24, 2.45) is 0 Å². The van der Waals surface area contributed by atoms with Crippen LogP contribution >= 0.6 is 0 Å². The average molecular weight is 461 g/mol. The van der Waals surface area contributed by atoms with Crippen molar-refractivity contribution in [2.45, 2.75) is 77.0 Å². The molecule has 0 radical (unpaired) electrons. The van der Waals surface area contributed by atoms with Gasteiger partial charge in [0, 0.05) is 18.3 Å². The largest absolute Gasteiger partial charge is 0.390 e. The van der Waals surface area contributed by atoms with Gasteiger partial charge in [0.05, 0.1) is 45.5 Å². The van der Waals surface area contributed by atoms with E-state index in [9.17, 15) is 9.90 Å². The highest BCUT2D eigenvalue weighted by molar-refractivity contribution is 6.00. The summed E-state index contributed by atoms with van der Waals surface area (Å²) in [6, 6.07) is 9.79. The molecule has 4 rings (SSSR count). The Labute approximate surface area is 200 Å². The van der Waals surface area contributed by atoms with Crippen LogP contribution in [0.5, 0.6) is 0 Å². The molecule has 34 heavy (non-hydrogen) atoms. The van der Waals surface area contributed by atoms with Gasteiger partial charge in [0.15, 0.2) is 0 Å². The molecule has 3 aromatic heterocycles. The number of carbonyl (C=O) groups excluding carboxylic acids is 1. The Morgan fingerprint density at radius 2 is 1.97 bits per heavy atom. The lowest BCUT2D eigenvalue weighted by atomic mass is 9.87. The number of hydrogen-bond acceptors (Lipinski definition) is 6. The number of amides is 1. The first-order valence-electron chi connectivity index (χ1n) is 11.9. The highest BCUT2D eigenvalue weighted by atomic mass is 16.3. The molecule has 1 amide bonds. The van der Waals surface area contributed by atoms with Crippen LogP contribution in [0.25, 0.3) is 16.9 Å². The fraction of sp³-hybridized carbons (Fsp3) is 0.462. The Kier molecular flexibility index (Phi) is 6.85. The molecule has 1 saturated carbocycles. The van der Waals surface area contributed by atoms with Crippen molar-refractivity contribution in [3.05, 3.63) is 47.8 Å². The van der Waals surface area contributed by atoms with E-state index in [0.717, 1.165) is 55.4 Å². The van der Waals surface area contributed by atoms with Crippen LogP contribution < -0.4 is 10.6 Å². The summed E-state index contributed by atoms with van der Waals surface area (Å²) in [5.41, 5.74) is 3.39. The molecule has 0 spiro atoms. The maximum absolute atomic E-state index is 13.2. The minimum atomic E-state index is -0.600. The number of nitrogens with one attached hydrogen (secondary N) is 2. The van der Waals surface area contributed by atoms with Crippen molar-refractivity contribution in [2.75, 3.05) is 5.32 Å². The van der Waals surface area contributed by atoms with Gasteiger partial charge in [-0.1, -0.05) is 0 Å². The number of rotatable bonds is 5. The molecule has 178 valence electrons. The summed E-state index contributed by atoms with van der Waals surface area (Å²) in [5, 5.41) is 30.4. The highest BCUT2D eigenvalue weighted by Crippen LogP contribution is 2.28. The molecule has 0 aliphatic heterocycles. The summed E-state index contributed by atoms with van der Waals surface area (Å²) in [6.45, 7) is 5.95. The van der Waals surface area contributed by atoms with Crippen LogP contribution in [-0.2, 0) is 0 Å². The summed E-state index contributed by atoms with van der Waals surface area (Å²) in [6.07, 6.45) is 8.13. The molecule has 8 nitrogen and oxygen atoms in total. The standard InChI is InChI=1S/C26H32N6O2/c1-17(2)30-22-13-23(24-9-8-20-12-18(14-27)15-29-32(20)24)28-16-21(22)25(33)31-19-6-4-10-26(3,34)11-5-7-19/h8-9,12-13,15-17,19,34H,4-7,10-11H2,1-3H3,(H,28,30)(H,31,33). The number of nitriles is 1. The molecule has 3 N–H and O–H groups in total. The molecule has 3 aromatic rings. The van der Waals surface area contributed by atoms with E-state index >= 15 is 0 Å². The third-order valence-corrected chi connectivity index (χ3v) is 6.36. The van der Waals surface area contributed by atoms with E-state index in [4.69, 9.17) is 5.26 Å². The van der Waals surface area contributed by atoms with Crippen LogP contribution in [0, 0.1) is 11.3 Å². The topological polar surface area (TPSA) is 115 Å². The van der Waals surface area contributed by atoms with Gasteiger partial charge in [0.1, 0.15) is 6.07 Å². The van der Waals surface area contributed by atoms with Crippen molar-refractivity contribution in [1.82, 2.24) is 19.9 Å². The molecule has 3 heterocycles. The molecule has 1 aliphatic carbocycles. The Bertz CT molecular complexity index is 1210. The van der Waals surface area contributed by atoms with E-state index in [1.165, 1.54) is 6.20 Å². The molecular formula is C26H32N6O2. The second kappa shape index (κ2) is 9.82. The Morgan fingerprint density at radius 1 is 1.24 bits per heavy atom. The van der Waals surface area contributed by atoms with E-state index in [2.05, 4.69) is 26.8 Å². The van der Waals surface area contributed by atoms with E-state index in [1.807, 2.05) is 39.0 Å². The van der Waals surface area contributed by atoms with Gasteiger partial charge in [-0.05, 0) is 83.6 Å². The molecule has 1 aliphatic rings. The predicted octanol–water partition coefficient (Wildman–Crippen LogP) is 4.29. The number of aromatic nitrogens is 3. The second-order valence-corrected chi connectivity index (χ2v) is 9.78. The Morgan fingerprint density at radius 3 is 2.65 bits per heavy atom. The summed E-state index contributed by atoms with van der Waals surface area (Å²) < 4.78 is 1.74. The third-order valence-electron chi connectivity index (χ3n) is 6.36. The Balaban J connectivity index is 1.59. The van der Waals surface area contributed by atoms with Gasteiger partial charge < -0.3 is 15.7 Å². The maximum Gasteiger partial charge on any atom is 0.255 e. The van der Waals surface area contributed by atoms with Crippen LogP contribution in [0.3, 0.4) is 0 Å². The van der Waals surface area contributed by atoms with Gasteiger partial charge >= 0.3 is 0 Å². The first kappa shape index (κ1) is 23.7. The van der Waals surface area contributed by atoms with Gasteiger partial charge in [-0.3, -0.25) is 9.78 Å². The average Bonchev–Trinajstić information content (AvgIpc) is 3.20. The Hall–Kier alpha value is -3.44. The van der Waals surface area contributed by atoms with Gasteiger partial charge in [-0.2, -0.15) is 10.4 Å². The zero-order valence-corrected chi connectivity index (χ0v) is 20.0. The minimum Gasteiger partial charge on any atom is -0.390 e. The number of carbonyl (C=O) groups is 1. The quantitative estimate of drug-likeness (QED) is 0.523. The van der Waals surface area contributed by atoms with Gasteiger partial charge in [0.25, 0.3) is 5.91 Å². The monoisotopic (exact) mass is 460 g/mol. The van der Waals surface area contributed by atoms with Gasteiger partial charge in [-0.15, -0.1) is 0 Å². The molecular weight excluding hydrogens is 428 g/mol. The lowest BCUT2D eigenvalue weighted by Crippen LogP contribution is -2.37. The predicted molar refractivity (Wildman–Crippen MR) is 131 cm³/mol. The summed E-state index contributed by atoms with van der Waals surface area (Å²) in [4.78, 5) is 17.8. The number of anilines is 1. The molecule has 0 saturated heterocycles. The summed E-state index contributed by atoms with van der Waals surface area (Å²) in [5.74, 6) is -0.142. The van der Waals surface area contributed by atoms with Crippen LogP contribution in [0.15, 0.2) is 36.7 Å². The van der Waals surface area contributed by atoms with Crippen LogP contribution in [0.4, 0.5) is 5.69 Å². The zero-order valence-electron chi connectivity index (χ0n) is 20.0. The lowest BCUT2D eigenvalue weighted by molar-refractivity contribution is 0.0304. The zero-order chi connectivity index (χ0) is 24.3. The molecule has 0 atom stereocenters. The number of hydrogen-bond donors (Lipinski definition) is 3. The summed E-state index contributed by atoms with van der Waals surface area (Å²) >= 11 is 0. The van der Waals surface area contributed by atoms with Crippen molar-refractivity contribution >= 4 is 17.1 Å². The van der Waals surface area contributed by atoms with Crippen molar-refractivity contribution in [3.8, 4) is 17.5 Å². The molecule has 0 bridgehead atoms. The van der Waals surface area contributed by atoms with Gasteiger partial charge in [-0.25, -0.2) is 4.52 Å². The van der Waals surface area contributed by atoms with E-state index in [0.29, 0.717) is 16.8 Å². The van der Waals surface area contributed by atoms with Crippen LogP contribution in [0.1, 0.15) is 75.2 Å². The maximum atomic E-state index is 13.2. The number of fused-ring (bicyclic) bond motifs is 1. The van der Waals surface area contributed by atoms with E-state index in [1.54, 1.807) is 16.8 Å². The first-order chi connectivity index (χ1) is 16.3. The molecule has 1 fully saturated rings. The smallest absolute Gasteiger partial charge is 0.255 e. The highest BCUT2D eigenvalue weighted by Gasteiger charge is 2.25. The van der Waals surface area contributed by atoms with Crippen LogP contribution in [0.2, 0.25) is 0 Å². The SMILES string of the molecule is CC(C)Nc1cc(-c2ccc3cc(C#N)cnn23)ncc1C(=O)NC1CCCC(C)(O)CCC1.